The minimum Gasteiger partial charge on any atom is -0.450 e. The fourth-order valence-electron chi connectivity index (χ4n) is 5.07. The van der Waals surface area contributed by atoms with Crippen molar-refractivity contribution in [3.05, 3.63) is 0 Å². The Kier molecular flexibility index (Phi) is 10.4. The maximum atomic E-state index is 8.56. The molecule has 26 heavy (non-hydrogen) atoms. The van der Waals surface area contributed by atoms with E-state index in [0.29, 0.717) is 11.5 Å². The van der Waals surface area contributed by atoms with E-state index in [1.165, 1.54) is 83.5 Å². The molecule has 3 aliphatic rings. The summed E-state index contributed by atoms with van der Waals surface area (Å²) < 4.78 is 6.27. The molecule has 1 atom stereocenters. The van der Waals surface area contributed by atoms with Crippen molar-refractivity contribution in [2.45, 2.75) is 89.6 Å². The van der Waals surface area contributed by atoms with Crippen LogP contribution >= 0.6 is 0 Å². The minimum absolute atomic E-state index is 0.596. The first-order valence-corrected chi connectivity index (χ1v) is 9.84. The van der Waals surface area contributed by atoms with Crippen LogP contribution in [0, 0.1) is 11.3 Å². The van der Waals surface area contributed by atoms with E-state index in [2.05, 4.69) is 0 Å². The molecule has 0 amide bonds. The van der Waals surface area contributed by atoms with Crippen molar-refractivity contribution in [1.29, 1.82) is 0 Å². The molecule has 152 valence electrons. The summed E-state index contributed by atoms with van der Waals surface area (Å²) in [6.07, 6.45) is 15.8. The van der Waals surface area contributed by atoms with Gasteiger partial charge in [0.15, 0.2) is 0 Å². The Morgan fingerprint density at radius 1 is 0.692 bits per heavy atom. The highest BCUT2D eigenvalue weighted by Crippen LogP contribution is 2.53. The van der Waals surface area contributed by atoms with Gasteiger partial charge in [0.1, 0.15) is 0 Å². The predicted molar refractivity (Wildman–Crippen MR) is 97.0 cm³/mol. The average molecular weight is 374 g/mol. The van der Waals surface area contributed by atoms with E-state index in [4.69, 9.17) is 34.8 Å². The van der Waals surface area contributed by atoms with Crippen LogP contribution in [0.2, 0.25) is 0 Å². The van der Waals surface area contributed by atoms with Gasteiger partial charge in [0, 0.05) is 6.61 Å². The third-order valence-electron chi connectivity index (χ3n) is 6.02. The van der Waals surface area contributed by atoms with Gasteiger partial charge in [-0.05, 0) is 56.3 Å². The quantitative estimate of drug-likeness (QED) is 0.500. The Labute approximate surface area is 155 Å². The highest BCUT2D eigenvalue weighted by Gasteiger charge is 2.46. The second kappa shape index (κ2) is 12.0. The summed E-state index contributed by atoms with van der Waals surface area (Å²) in [5.41, 5.74) is 0.596. The zero-order chi connectivity index (χ0) is 19.4. The Balaban J connectivity index is 0.000000360. The molecule has 3 rings (SSSR count). The fraction of sp³-hybridized carbons (Fsp3) is 0.895. The van der Waals surface area contributed by atoms with Gasteiger partial charge in [-0.1, -0.05) is 38.5 Å². The number of hydrogen-bond acceptors (Lipinski definition) is 3. The first-order valence-electron chi connectivity index (χ1n) is 9.84. The summed E-state index contributed by atoms with van der Waals surface area (Å²) in [6.45, 7) is 1.04. The van der Waals surface area contributed by atoms with Crippen LogP contribution in [0.3, 0.4) is 0 Å². The SMILES string of the molecule is C1CCC(C2(C3CCCCO3)CCCCC2)CC1.O=C(O)O.O=C(O)O. The van der Waals surface area contributed by atoms with Crippen molar-refractivity contribution in [3.8, 4) is 0 Å². The second-order valence-electron chi connectivity index (χ2n) is 7.55. The summed E-state index contributed by atoms with van der Waals surface area (Å²) in [5.74, 6) is 0.995. The molecule has 1 saturated heterocycles. The van der Waals surface area contributed by atoms with Crippen LogP contribution in [-0.2, 0) is 4.74 Å². The molecule has 0 aromatic rings. The van der Waals surface area contributed by atoms with Gasteiger partial charge >= 0.3 is 12.3 Å². The van der Waals surface area contributed by atoms with E-state index in [0.717, 1.165) is 12.5 Å². The molecule has 2 aliphatic carbocycles. The molecule has 0 aromatic heterocycles. The largest absolute Gasteiger partial charge is 0.503 e. The molecule has 0 spiro atoms. The molecule has 1 aliphatic heterocycles. The maximum Gasteiger partial charge on any atom is 0.503 e. The van der Waals surface area contributed by atoms with Crippen molar-refractivity contribution in [1.82, 2.24) is 0 Å². The Morgan fingerprint density at radius 2 is 1.15 bits per heavy atom. The van der Waals surface area contributed by atoms with Crippen LogP contribution in [0.5, 0.6) is 0 Å². The molecular weight excluding hydrogens is 340 g/mol. The van der Waals surface area contributed by atoms with Crippen molar-refractivity contribution in [3.63, 3.8) is 0 Å². The van der Waals surface area contributed by atoms with E-state index in [1.807, 2.05) is 0 Å². The highest BCUT2D eigenvalue weighted by molar-refractivity contribution is 5.53. The van der Waals surface area contributed by atoms with Gasteiger partial charge in [-0.2, -0.15) is 0 Å². The van der Waals surface area contributed by atoms with Gasteiger partial charge in [0.2, 0.25) is 0 Å². The van der Waals surface area contributed by atoms with Gasteiger partial charge in [-0.15, -0.1) is 0 Å². The molecule has 4 N–H and O–H groups in total. The molecule has 7 heteroatoms. The molecule has 0 radical (unpaired) electrons. The van der Waals surface area contributed by atoms with Crippen LogP contribution in [0.15, 0.2) is 0 Å². The summed E-state index contributed by atoms with van der Waals surface area (Å²) in [6, 6.07) is 0. The minimum atomic E-state index is -1.83. The first-order chi connectivity index (χ1) is 12.4. The lowest BCUT2D eigenvalue weighted by molar-refractivity contribution is -0.118. The third-order valence-corrected chi connectivity index (χ3v) is 6.02. The lowest BCUT2D eigenvalue weighted by Crippen LogP contribution is -2.46. The van der Waals surface area contributed by atoms with E-state index in [9.17, 15) is 0 Å². The maximum absolute atomic E-state index is 8.56. The topological polar surface area (TPSA) is 124 Å². The zero-order valence-corrected chi connectivity index (χ0v) is 15.6. The molecule has 3 fully saturated rings. The summed E-state index contributed by atoms with van der Waals surface area (Å²) >= 11 is 0. The number of carboxylic acid groups (broad SMARTS) is 4. The lowest BCUT2D eigenvalue weighted by Gasteiger charge is -2.51. The summed E-state index contributed by atoms with van der Waals surface area (Å²) in [5, 5.41) is 27.9. The van der Waals surface area contributed by atoms with Crippen LogP contribution < -0.4 is 0 Å². The van der Waals surface area contributed by atoms with Crippen molar-refractivity contribution in [2.75, 3.05) is 6.61 Å². The van der Waals surface area contributed by atoms with Crippen molar-refractivity contribution in [2.24, 2.45) is 11.3 Å². The fourth-order valence-corrected chi connectivity index (χ4v) is 5.07. The van der Waals surface area contributed by atoms with Crippen molar-refractivity contribution < 1.29 is 34.8 Å². The monoisotopic (exact) mass is 374 g/mol. The highest BCUT2D eigenvalue weighted by atomic mass is 16.6. The smallest absolute Gasteiger partial charge is 0.450 e. The summed E-state index contributed by atoms with van der Waals surface area (Å²) in [4.78, 5) is 17.1. The number of rotatable bonds is 2. The van der Waals surface area contributed by atoms with E-state index in [-0.39, 0.29) is 0 Å². The van der Waals surface area contributed by atoms with Crippen LogP contribution in [-0.4, -0.2) is 45.4 Å². The number of hydrogen-bond donors (Lipinski definition) is 4. The molecule has 0 aromatic carbocycles. The standard InChI is InChI=1S/C17H30O.2CH2O3/c1-3-9-15(10-4-1)17(12-6-2-7-13-17)16-11-5-8-14-18-16;2*2-1(3)4/h15-16H,1-14H2;2*(H2,2,3,4). The molecule has 1 unspecified atom stereocenters. The Bertz CT molecular complexity index is 366. The number of carbonyl (C=O) groups is 2. The predicted octanol–water partition coefficient (Wildman–Crippen LogP) is 5.53. The lowest BCUT2D eigenvalue weighted by atomic mass is 9.58. The number of ether oxygens (including phenoxy) is 1. The first kappa shape index (κ1) is 22.5. The third kappa shape index (κ3) is 7.81. The van der Waals surface area contributed by atoms with Gasteiger partial charge in [-0.25, -0.2) is 9.59 Å². The molecule has 1 heterocycles. The van der Waals surface area contributed by atoms with Crippen LogP contribution in [0.1, 0.15) is 83.5 Å². The average Bonchev–Trinajstić information content (AvgIpc) is 2.63. The van der Waals surface area contributed by atoms with Gasteiger partial charge in [-0.3, -0.25) is 0 Å². The Hall–Kier alpha value is -1.50. The molecule has 0 bridgehead atoms. The van der Waals surface area contributed by atoms with Gasteiger partial charge in [0.05, 0.1) is 6.10 Å². The van der Waals surface area contributed by atoms with Crippen LogP contribution in [0.25, 0.3) is 0 Å². The second-order valence-corrected chi connectivity index (χ2v) is 7.55. The molecular formula is C19H34O7. The van der Waals surface area contributed by atoms with Gasteiger partial charge < -0.3 is 25.2 Å². The van der Waals surface area contributed by atoms with Crippen LogP contribution in [0.4, 0.5) is 9.59 Å². The van der Waals surface area contributed by atoms with E-state index >= 15 is 0 Å². The normalized spacial score (nSPS) is 25.6. The molecule has 2 saturated carbocycles. The van der Waals surface area contributed by atoms with E-state index < -0.39 is 12.3 Å². The van der Waals surface area contributed by atoms with E-state index in [1.54, 1.807) is 0 Å². The Morgan fingerprint density at radius 3 is 1.62 bits per heavy atom. The van der Waals surface area contributed by atoms with Crippen molar-refractivity contribution >= 4 is 12.3 Å². The molecule has 7 nitrogen and oxygen atoms in total. The summed E-state index contributed by atoms with van der Waals surface area (Å²) in [7, 11) is 0. The zero-order valence-electron chi connectivity index (χ0n) is 15.6. The van der Waals surface area contributed by atoms with Gasteiger partial charge in [0.25, 0.3) is 0 Å².